The first-order valence-electron chi connectivity index (χ1n) is 28.5. The molecule has 0 radical (unpaired) electrons. The number of rotatable bonds is 33. The third-order valence-corrected chi connectivity index (χ3v) is 14.7. The van der Waals surface area contributed by atoms with Crippen LogP contribution in [0.25, 0.3) is 0 Å². The van der Waals surface area contributed by atoms with Gasteiger partial charge in [-0.1, -0.05) is 56.7 Å². The Hall–Kier alpha value is -7.25. The first-order valence-corrected chi connectivity index (χ1v) is 28.5. The molecule has 3 aromatic carbocycles. The molecular weight excluding hydrogens is 1010 g/mol. The van der Waals surface area contributed by atoms with Crippen molar-refractivity contribution in [1.82, 2.24) is 31.2 Å². The number of fused-ring (bicyclic) bond motifs is 1. The fraction of sp³-hybridized carbons (Fsp3) is 0.468. The highest BCUT2D eigenvalue weighted by Crippen LogP contribution is 2.34. The molecule has 2 saturated heterocycles. The van der Waals surface area contributed by atoms with E-state index in [2.05, 4.69) is 63.9 Å². The number of carbonyl (C=O) groups is 5. The topological polar surface area (TPSA) is 223 Å². The SMILES string of the molecule is C=C[C@H](NC(=O)c1cccc(NC2(C(=C)NC(=NC(C)CC)c3ccncc3)CCNCC2)c1)c1ccc(OCCCCCCOCCOCCOCCCCCC(=O)Nc2cccc3c2CN(C2CCC(=O)NC2=O)C3=O)cc1. The van der Waals surface area contributed by atoms with Gasteiger partial charge in [-0.25, -0.2) is 0 Å². The van der Waals surface area contributed by atoms with E-state index in [1.807, 2.05) is 60.7 Å². The van der Waals surface area contributed by atoms with Crippen LogP contribution in [0, 0.1) is 0 Å². The van der Waals surface area contributed by atoms with E-state index >= 15 is 0 Å². The Morgan fingerprint density at radius 2 is 1.51 bits per heavy atom. The maximum Gasteiger partial charge on any atom is 0.255 e. The average Bonchev–Trinajstić information content (AvgIpc) is 3.93. The summed E-state index contributed by atoms with van der Waals surface area (Å²) in [5, 5.41) is 19.2. The van der Waals surface area contributed by atoms with Gasteiger partial charge in [-0.2, -0.15) is 0 Å². The zero-order chi connectivity index (χ0) is 56.5. The minimum Gasteiger partial charge on any atom is -0.494 e. The van der Waals surface area contributed by atoms with Crippen LogP contribution in [0.3, 0.4) is 0 Å². The minimum atomic E-state index is -0.707. The number of amidine groups is 1. The number of imide groups is 1. The van der Waals surface area contributed by atoms with E-state index in [1.54, 1.807) is 36.7 Å². The number of pyridine rings is 1. The Bertz CT molecular complexity index is 2730. The van der Waals surface area contributed by atoms with Crippen LogP contribution in [-0.4, -0.2) is 122 Å². The second kappa shape index (κ2) is 31.5. The zero-order valence-electron chi connectivity index (χ0n) is 46.7. The summed E-state index contributed by atoms with van der Waals surface area (Å²) in [6.45, 7) is 18.5. The van der Waals surface area contributed by atoms with Crippen molar-refractivity contribution in [3.05, 3.63) is 144 Å². The molecule has 3 aliphatic rings. The Balaban J connectivity index is 0.695. The number of amides is 5. The zero-order valence-corrected chi connectivity index (χ0v) is 46.7. The summed E-state index contributed by atoms with van der Waals surface area (Å²) in [5.74, 6) is 0.114. The number of nitrogens with zero attached hydrogens (tertiary/aromatic N) is 3. The lowest BCUT2D eigenvalue weighted by atomic mass is 9.84. The predicted octanol–water partition coefficient (Wildman–Crippen LogP) is 8.57. The van der Waals surface area contributed by atoms with Gasteiger partial charge < -0.3 is 50.4 Å². The quantitative estimate of drug-likeness (QED) is 0.00866. The lowest BCUT2D eigenvalue weighted by Crippen LogP contribution is -2.52. The van der Waals surface area contributed by atoms with Crippen molar-refractivity contribution in [1.29, 1.82) is 0 Å². The Morgan fingerprint density at radius 3 is 2.20 bits per heavy atom. The molecule has 0 aliphatic carbocycles. The largest absolute Gasteiger partial charge is 0.494 e. The van der Waals surface area contributed by atoms with E-state index in [4.69, 9.17) is 23.9 Å². The van der Waals surface area contributed by atoms with E-state index in [1.165, 1.54) is 4.90 Å². The van der Waals surface area contributed by atoms with Crippen LogP contribution >= 0.6 is 0 Å². The van der Waals surface area contributed by atoms with Crippen molar-refractivity contribution in [3.8, 4) is 5.75 Å². The number of carbonyl (C=O) groups excluding carboxylic acids is 5. The number of piperidine rings is 2. The standard InChI is InChI=1S/C62H81N9O9/c1-5-44(3)65-58(47-27-31-63-32-28-47)66-45(4)62(29-33-64-34-30-62)70-49-17-14-16-48(42-49)59(74)68-53(6-2)46-21-23-50(24-22-46)80-37-13-8-7-11-35-77-38-40-79-41-39-78-36-12-9-10-20-56(72)67-54-19-15-18-51-52(54)43-71(61(51)76)55-25-26-57(73)69-60(55)75/h6,14-19,21-24,27-28,31-32,42,44,53,55,64,70H,2,4-5,7-13,20,25-26,29-30,33-41,43H2,1,3H3,(H,65,66)(H,67,72)(H,68,74)(H,69,73,75)/t44?,53-,55?/m0/s1. The van der Waals surface area contributed by atoms with E-state index < -0.39 is 23.5 Å². The number of ether oxygens (including phenoxy) is 4. The summed E-state index contributed by atoms with van der Waals surface area (Å²) < 4.78 is 23.1. The number of unbranched alkanes of at least 4 members (excludes halogenated alkanes) is 5. The summed E-state index contributed by atoms with van der Waals surface area (Å²) in [6.07, 6.45) is 14.9. The van der Waals surface area contributed by atoms with Gasteiger partial charge in [-0.3, -0.25) is 39.3 Å². The van der Waals surface area contributed by atoms with Crippen LogP contribution in [0.4, 0.5) is 11.4 Å². The highest BCUT2D eigenvalue weighted by atomic mass is 16.5. The fourth-order valence-electron chi connectivity index (χ4n) is 9.88. The smallest absolute Gasteiger partial charge is 0.255 e. The number of benzene rings is 3. The van der Waals surface area contributed by atoms with E-state index in [0.29, 0.717) is 81.5 Å². The Labute approximate surface area is 471 Å². The molecule has 18 nitrogen and oxygen atoms in total. The van der Waals surface area contributed by atoms with Gasteiger partial charge in [-0.05, 0) is 138 Å². The van der Waals surface area contributed by atoms with Crippen molar-refractivity contribution >= 4 is 46.7 Å². The predicted molar refractivity (Wildman–Crippen MR) is 311 cm³/mol. The highest BCUT2D eigenvalue weighted by Gasteiger charge is 2.40. The van der Waals surface area contributed by atoms with E-state index in [-0.39, 0.29) is 49.1 Å². The van der Waals surface area contributed by atoms with Gasteiger partial charge in [0.05, 0.1) is 44.6 Å². The monoisotopic (exact) mass is 1100 g/mol. The molecule has 18 heteroatoms. The molecule has 0 saturated carbocycles. The molecule has 1 aromatic heterocycles. The molecule has 2 fully saturated rings. The third kappa shape index (κ3) is 17.9. The molecule has 3 aliphatic heterocycles. The molecule has 4 aromatic rings. The van der Waals surface area contributed by atoms with Crippen LogP contribution in [0.1, 0.15) is 141 Å². The van der Waals surface area contributed by atoms with Gasteiger partial charge in [0, 0.05) is 90.4 Å². The summed E-state index contributed by atoms with van der Waals surface area (Å²) in [4.78, 5) is 74.2. The number of aromatic nitrogens is 1. The third-order valence-electron chi connectivity index (χ3n) is 14.7. The second-order valence-electron chi connectivity index (χ2n) is 20.6. The lowest BCUT2D eigenvalue weighted by molar-refractivity contribution is -0.137. The number of anilines is 2. The first kappa shape index (κ1) is 60.4. The molecule has 0 bridgehead atoms. The van der Waals surface area contributed by atoms with Crippen molar-refractivity contribution in [2.45, 2.75) is 128 Å². The Kier molecular flexibility index (Phi) is 23.8. The molecule has 4 heterocycles. The molecule has 6 N–H and O–H groups in total. The fourth-order valence-corrected chi connectivity index (χ4v) is 9.88. The van der Waals surface area contributed by atoms with Crippen LogP contribution < -0.4 is 36.6 Å². The van der Waals surface area contributed by atoms with Gasteiger partial charge in [0.1, 0.15) is 17.6 Å². The molecule has 0 spiro atoms. The maximum atomic E-state index is 13.7. The molecule has 80 heavy (non-hydrogen) atoms. The summed E-state index contributed by atoms with van der Waals surface area (Å²) in [7, 11) is 0. The summed E-state index contributed by atoms with van der Waals surface area (Å²) >= 11 is 0. The van der Waals surface area contributed by atoms with Crippen LogP contribution in [0.15, 0.2) is 121 Å². The number of hydrogen-bond donors (Lipinski definition) is 6. The molecular formula is C62H81N9O9. The summed E-state index contributed by atoms with van der Waals surface area (Å²) in [6, 6.07) is 23.5. The van der Waals surface area contributed by atoms with Gasteiger partial charge in [-0.15, -0.1) is 6.58 Å². The second-order valence-corrected chi connectivity index (χ2v) is 20.6. The number of nitrogens with one attached hydrogen (secondary N) is 6. The van der Waals surface area contributed by atoms with Gasteiger partial charge in [0.2, 0.25) is 17.7 Å². The van der Waals surface area contributed by atoms with Gasteiger partial charge in [0.15, 0.2) is 0 Å². The molecule has 3 atom stereocenters. The Morgan fingerprint density at radius 1 is 0.838 bits per heavy atom. The van der Waals surface area contributed by atoms with Gasteiger partial charge in [0.25, 0.3) is 11.8 Å². The van der Waals surface area contributed by atoms with Crippen LogP contribution in [0.2, 0.25) is 0 Å². The lowest BCUT2D eigenvalue weighted by Gasteiger charge is -2.41. The summed E-state index contributed by atoms with van der Waals surface area (Å²) in [5.41, 5.74) is 5.24. The van der Waals surface area contributed by atoms with Gasteiger partial charge >= 0.3 is 0 Å². The van der Waals surface area contributed by atoms with Crippen LogP contribution in [0.5, 0.6) is 5.75 Å². The van der Waals surface area contributed by atoms with Crippen molar-refractivity contribution in [3.63, 3.8) is 0 Å². The maximum absolute atomic E-state index is 13.7. The van der Waals surface area contributed by atoms with Crippen molar-refractivity contribution < 1.29 is 42.9 Å². The molecule has 428 valence electrons. The number of aliphatic imine (C=N–C) groups is 1. The number of hydrogen-bond acceptors (Lipinski definition) is 13. The van der Waals surface area contributed by atoms with E-state index in [0.717, 1.165) is 105 Å². The first-order chi connectivity index (χ1) is 39.0. The molecule has 5 amide bonds. The van der Waals surface area contributed by atoms with Crippen LogP contribution in [-0.2, 0) is 35.1 Å². The normalized spacial score (nSPS) is 16.7. The molecule has 2 unspecified atom stereocenters. The minimum absolute atomic E-state index is 0.123. The highest BCUT2D eigenvalue weighted by molar-refractivity contribution is 6.07. The van der Waals surface area contributed by atoms with Crippen molar-refractivity contribution in [2.75, 3.05) is 70.0 Å². The van der Waals surface area contributed by atoms with E-state index in [9.17, 15) is 24.0 Å². The molecule has 7 rings (SSSR count). The average molecular weight is 1100 g/mol. The van der Waals surface area contributed by atoms with Crippen molar-refractivity contribution in [2.24, 2.45) is 4.99 Å².